The molecule has 0 heterocycles. The van der Waals surface area contributed by atoms with Gasteiger partial charge in [-0.25, -0.2) is 0 Å². The maximum atomic E-state index is 10.3. The smallest absolute Gasteiger partial charge is 0.0996 e. The summed E-state index contributed by atoms with van der Waals surface area (Å²) < 4.78 is 0. The van der Waals surface area contributed by atoms with Crippen molar-refractivity contribution >= 4 is 0 Å². The van der Waals surface area contributed by atoms with Gasteiger partial charge in [-0.15, -0.1) is 0 Å². The monoisotopic (exact) mass is 173 g/mol. The zero-order valence-corrected chi connectivity index (χ0v) is 7.18. The summed E-state index contributed by atoms with van der Waals surface area (Å²) in [6, 6.07) is -0.409. The van der Waals surface area contributed by atoms with Crippen LogP contribution in [0.2, 0.25) is 0 Å². The minimum Gasteiger partial charge on any atom is -0.396 e. The van der Waals surface area contributed by atoms with Crippen LogP contribution in [0.15, 0.2) is 5.18 Å². The Hall–Kier alpha value is -0.480. The molecule has 0 aromatic heterocycles. The Labute approximate surface area is 71.6 Å². The summed E-state index contributed by atoms with van der Waals surface area (Å²) in [5, 5.41) is 21.3. The van der Waals surface area contributed by atoms with E-state index in [2.05, 4.69) is 5.18 Å². The maximum Gasteiger partial charge on any atom is 0.0996 e. The van der Waals surface area contributed by atoms with Crippen molar-refractivity contribution in [2.75, 3.05) is 6.61 Å². The summed E-state index contributed by atoms with van der Waals surface area (Å²) in [5.74, 6) is -0.0239. The molecule has 70 valence electrons. The minimum absolute atomic E-state index is 0.149. The van der Waals surface area contributed by atoms with E-state index in [-0.39, 0.29) is 12.5 Å². The van der Waals surface area contributed by atoms with Crippen LogP contribution < -0.4 is 0 Å². The quantitative estimate of drug-likeness (QED) is 0.598. The molecule has 12 heavy (non-hydrogen) atoms. The fourth-order valence-corrected chi connectivity index (χ4v) is 1.89. The van der Waals surface area contributed by atoms with Crippen LogP contribution in [0.4, 0.5) is 0 Å². The summed E-state index contributed by atoms with van der Waals surface area (Å²) in [7, 11) is 0. The van der Waals surface area contributed by atoms with Gasteiger partial charge in [0.15, 0.2) is 0 Å². The van der Waals surface area contributed by atoms with Gasteiger partial charge in [-0.3, -0.25) is 0 Å². The highest BCUT2D eigenvalue weighted by Gasteiger charge is 2.35. The van der Waals surface area contributed by atoms with Crippen molar-refractivity contribution in [3.63, 3.8) is 0 Å². The number of aliphatic hydroxyl groups excluding tert-OH is 2. The molecule has 0 radical (unpaired) electrons. The first-order chi connectivity index (χ1) is 5.69. The van der Waals surface area contributed by atoms with Crippen LogP contribution in [0, 0.1) is 16.7 Å². The van der Waals surface area contributed by atoms with E-state index >= 15 is 0 Å². The highest BCUT2D eigenvalue weighted by atomic mass is 16.3. The van der Waals surface area contributed by atoms with Crippen LogP contribution in [0.1, 0.15) is 19.8 Å². The normalized spacial score (nSPS) is 42.6. The second-order valence-electron chi connectivity index (χ2n) is 3.66. The molecule has 1 fully saturated rings. The van der Waals surface area contributed by atoms with Gasteiger partial charge in [0.05, 0.1) is 18.8 Å². The molecule has 0 aromatic rings. The van der Waals surface area contributed by atoms with Crippen molar-refractivity contribution in [3.8, 4) is 0 Å². The first-order valence-electron chi connectivity index (χ1n) is 4.30. The average molecular weight is 173 g/mol. The molecule has 2 N–H and O–H groups in total. The zero-order chi connectivity index (χ0) is 9.14. The Morgan fingerprint density at radius 3 is 2.67 bits per heavy atom. The molecule has 1 aliphatic carbocycles. The van der Waals surface area contributed by atoms with Crippen LogP contribution in [-0.2, 0) is 0 Å². The number of rotatable bonds is 2. The molecule has 0 amide bonds. The van der Waals surface area contributed by atoms with Gasteiger partial charge >= 0.3 is 0 Å². The summed E-state index contributed by atoms with van der Waals surface area (Å²) >= 11 is 0. The topological polar surface area (TPSA) is 69.9 Å². The van der Waals surface area contributed by atoms with E-state index < -0.39 is 12.1 Å². The van der Waals surface area contributed by atoms with Gasteiger partial charge in [-0.1, -0.05) is 12.1 Å². The van der Waals surface area contributed by atoms with Gasteiger partial charge in [0.1, 0.15) is 0 Å². The number of aliphatic hydroxyl groups is 2. The van der Waals surface area contributed by atoms with Gasteiger partial charge in [0.25, 0.3) is 0 Å². The second-order valence-corrected chi connectivity index (χ2v) is 3.66. The van der Waals surface area contributed by atoms with Crippen molar-refractivity contribution in [2.24, 2.45) is 17.0 Å². The van der Waals surface area contributed by atoms with E-state index in [1.807, 2.05) is 6.92 Å². The Morgan fingerprint density at radius 2 is 2.17 bits per heavy atom. The predicted molar refractivity (Wildman–Crippen MR) is 44.6 cm³/mol. The molecule has 0 aromatic carbocycles. The largest absolute Gasteiger partial charge is 0.396 e. The lowest BCUT2D eigenvalue weighted by Gasteiger charge is -2.33. The molecule has 4 nitrogen and oxygen atoms in total. The van der Waals surface area contributed by atoms with E-state index in [0.717, 1.165) is 0 Å². The first kappa shape index (κ1) is 9.61. The Balaban J connectivity index is 2.62. The van der Waals surface area contributed by atoms with E-state index in [1.165, 1.54) is 0 Å². The molecule has 4 atom stereocenters. The van der Waals surface area contributed by atoms with Gasteiger partial charge in [0.2, 0.25) is 0 Å². The van der Waals surface area contributed by atoms with Crippen LogP contribution in [0.5, 0.6) is 0 Å². The highest BCUT2D eigenvalue weighted by molar-refractivity contribution is 4.88. The fraction of sp³-hybridized carbons (Fsp3) is 1.00. The third-order valence-electron chi connectivity index (χ3n) is 2.62. The third-order valence-corrected chi connectivity index (χ3v) is 2.62. The number of hydrogen-bond acceptors (Lipinski definition) is 4. The van der Waals surface area contributed by atoms with E-state index in [4.69, 9.17) is 5.11 Å². The lowest BCUT2D eigenvalue weighted by atomic mass is 9.78. The van der Waals surface area contributed by atoms with Crippen molar-refractivity contribution in [1.29, 1.82) is 0 Å². The molecule has 0 spiro atoms. The molecule has 0 unspecified atom stereocenters. The van der Waals surface area contributed by atoms with Crippen molar-refractivity contribution < 1.29 is 10.2 Å². The van der Waals surface area contributed by atoms with Crippen LogP contribution in [0.3, 0.4) is 0 Å². The Bertz CT molecular complexity index is 162. The first-order valence-corrected chi connectivity index (χ1v) is 4.30. The molecular weight excluding hydrogens is 158 g/mol. The van der Waals surface area contributed by atoms with Crippen molar-refractivity contribution in [3.05, 3.63) is 4.91 Å². The fourth-order valence-electron chi connectivity index (χ4n) is 1.89. The number of hydrogen-bond donors (Lipinski definition) is 2. The molecule has 1 saturated carbocycles. The van der Waals surface area contributed by atoms with E-state index in [1.54, 1.807) is 0 Å². The maximum absolute atomic E-state index is 10.3. The van der Waals surface area contributed by atoms with Crippen molar-refractivity contribution in [1.82, 2.24) is 0 Å². The summed E-state index contributed by atoms with van der Waals surface area (Å²) in [5.41, 5.74) is 0. The lowest BCUT2D eigenvalue weighted by molar-refractivity contribution is 0.00728. The summed E-state index contributed by atoms with van der Waals surface area (Å²) in [4.78, 5) is 10.3. The van der Waals surface area contributed by atoms with Gasteiger partial charge < -0.3 is 10.2 Å². The highest BCUT2D eigenvalue weighted by Crippen LogP contribution is 2.30. The van der Waals surface area contributed by atoms with Crippen LogP contribution in [-0.4, -0.2) is 29.0 Å². The summed E-state index contributed by atoms with van der Waals surface area (Å²) in [6.45, 7) is 1.83. The molecule has 0 saturated heterocycles. The SMILES string of the molecule is C[C@@H]1C[C@@H](O)[C@H](CO)[C@@H](N=O)C1. The Morgan fingerprint density at radius 1 is 1.50 bits per heavy atom. The Kier molecular flexibility index (Phi) is 3.17. The zero-order valence-electron chi connectivity index (χ0n) is 7.18. The molecule has 0 aliphatic heterocycles. The van der Waals surface area contributed by atoms with Crippen molar-refractivity contribution in [2.45, 2.75) is 31.9 Å². The van der Waals surface area contributed by atoms with E-state index in [0.29, 0.717) is 18.8 Å². The molecule has 1 rings (SSSR count). The molecule has 4 heteroatoms. The number of nitrogens with zero attached hydrogens (tertiary/aromatic N) is 1. The molecule has 1 aliphatic rings. The molecular formula is C8H15NO3. The average Bonchev–Trinajstić information content (AvgIpc) is 2.03. The van der Waals surface area contributed by atoms with E-state index in [9.17, 15) is 10.0 Å². The summed E-state index contributed by atoms with van der Waals surface area (Å²) in [6.07, 6.45) is 0.782. The van der Waals surface area contributed by atoms with Gasteiger partial charge in [-0.2, -0.15) is 4.91 Å². The van der Waals surface area contributed by atoms with Gasteiger partial charge in [0, 0.05) is 5.92 Å². The standard InChI is InChI=1S/C8H15NO3/c1-5-2-7(9-12)6(4-10)8(11)3-5/h5-8,10-11H,2-4H2,1H3/t5-,6+,7-,8+/m0/s1. The molecule has 0 bridgehead atoms. The second kappa shape index (κ2) is 3.96. The third kappa shape index (κ3) is 1.81. The van der Waals surface area contributed by atoms with Gasteiger partial charge in [-0.05, 0) is 18.8 Å². The number of nitroso groups, excluding NO2 is 1. The van der Waals surface area contributed by atoms with Crippen LogP contribution in [0.25, 0.3) is 0 Å². The predicted octanol–water partition coefficient (Wildman–Crippen LogP) is 0.521. The van der Waals surface area contributed by atoms with Crippen LogP contribution >= 0.6 is 0 Å². The minimum atomic E-state index is -0.568. The lowest BCUT2D eigenvalue weighted by Crippen LogP contribution is -2.40.